The van der Waals surface area contributed by atoms with E-state index in [0.29, 0.717) is 32.1 Å². The summed E-state index contributed by atoms with van der Waals surface area (Å²) in [6.45, 7) is 4.81. The average Bonchev–Trinajstić information content (AvgIpc) is 2.59. The highest BCUT2D eigenvalue weighted by Gasteiger charge is 2.28. The number of aryl methyl sites for hydroxylation is 1. The molecule has 0 saturated carbocycles. The van der Waals surface area contributed by atoms with Crippen LogP contribution in [0.5, 0.6) is 11.5 Å². The van der Waals surface area contributed by atoms with Gasteiger partial charge in [0.05, 0.1) is 0 Å². The molecule has 3 rings (SSSR count). The molecule has 2 heterocycles. The summed E-state index contributed by atoms with van der Waals surface area (Å²) in [7, 11) is 0. The molecule has 2 atom stereocenters. The van der Waals surface area contributed by atoms with Crippen LogP contribution in [0.25, 0.3) is 0 Å². The lowest BCUT2D eigenvalue weighted by molar-refractivity contribution is -0.135. The van der Waals surface area contributed by atoms with E-state index in [0.717, 1.165) is 42.9 Å². The third-order valence-electron chi connectivity index (χ3n) is 4.80. The number of likely N-dealkylation sites (tertiary alicyclic amines) is 1. The molecule has 2 aliphatic heterocycles. The number of fused-ring (bicyclic) bond motifs is 1. The Hall–Kier alpha value is -1.46. The molecule has 2 unspecified atom stereocenters. The minimum absolute atomic E-state index is 0. The number of benzene rings is 1. The van der Waals surface area contributed by atoms with Crippen molar-refractivity contribution < 1.29 is 14.3 Å². The van der Waals surface area contributed by atoms with Crippen molar-refractivity contribution in [3.8, 4) is 11.5 Å². The Morgan fingerprint density at radius 3 is 2.79 bits per heavy atom. The van der Waals surface area contributed by atoms with Crippen molar-refractivity contribution in [2.24, 2.45) is 11.7 Å². The van der Waals surface area contributed by atoms with Gasteiger partial charge in [-0.1, -0.05) is 13.0 Å². The fraction of sp³-hybridized carbons (Fsp3) is 0.611. The van der Waals surface area contributed by atoms with E-state index in [1.807, 2.05) is 23.1 Å². The summed E-state index contributed by atoms with van der Waals surface area (Å²) in [6, 6.07) is 6.13. The fourth-order valence-electron chi connectivity index (χ4n) is 3.44. The van der Waals surface area contributed by atoms with Crippen LogP contribution in [-0.4, -0.2) is 43.2 Å². The fourth-order valence-corrected chi connectivity index (χ4v) is 3.44. The van der Waals surface area contributed by atoms with Crippen LogP contribution in [0.2, 0.25) is 0 Å². The van der Waals surface area contributed by atoms with Crippen molar-refractivity contribution in [2.75, 3.05) is 26.3 Å². The third kappa shape index (κ3) is 4.33. The molecule has 24 heavy (non-hydrogen) atoms. The van der Waals surface area contributed by atoms with E-state index in [1.54, 1.807) is 0 Å². The molecule has 0 radical (unpaired) electrons. The first-order valence-electron chi connectivity index (χ1n) is 8.55. The molecule has 5 nitrogen and oxygen atoms in total. The van der Waals surface area contributed by atoms with Crippen LogP contribution >= 0.6 is 12.4 Å². The molecule has 1 amide bonds. The van der Waals surface area contributed by atoms with Crippen molar-refractivity contribution in [3.63, 3.8) is 0 Å². The van der Waals surface area contributed by atoms with E-state index in [2.05, 4.69) is 6.92 Å². The highest BCUT2D eigenvalue weighted by Crippen LogP contribution is 2.31. The van der Waals surface area contributed by atoms with Crippen molar-refractivity contribution in [1.29, 1.82) is 0 Å². The van der Waals surface area contributed by atoms with Crippen LogP contribution in [0.4, 0.5) is 0 Å². The molecule has 6 heteroatoms. The van der Waals surface area contributed by atoms with Gasteiger partial charge in [-0.25, -0.2) is 0 Å². The lowest BCUT2D eigenvalue weighted by Gasteiger charge is -2.38. The second-order valence-corrected chi connectivity index (χ2v) is 6.58. The molecule has 0 aromatic heterocycles. The molecule has 134 valence electrons. The average molecular weight is 355 g/mol. The molecule has 1 aromatic carbocycles. The summed E-state index contributed by atoms with van der Waals surface area (Å²) < 4.78 is 11.1. The Morgan fingerprint density at radius 1 is 1.29 bits per heavy atom. The molecule has 1 aromatic rings. The Bertz CT molecular complexity index is 567. The van der Waals surface area contributed by atoms with Crippen LogP contribution in [0, 0.1) is 5.92 Å². The number of halogens is 1. The monoisotopic (exact) mass is 354 g/mol. The largest absolute Gasteiger partial charge is 0.486 e. The van der Waals surface area contributed by atoms with Crippen LogP contribution in [0.1, 0.15) is 31.7 Å². The van der Waals surface area contributed by atoms with Gasteiger partial charge in [-0.15, -0.1) is 12.4 Å². The number of nitrogens with two attached hydrogens (primary N) is 1. The predicted molar refractivity (Wildman–Crippen MR) is 96.0 cm³/mol. The maximum Gasteiger partial charge on any atom is 0.223 e. The van der Waals surface area contributed by atoms with Gasteiger partial charge in [-0.2, -0.15) is 0 Å². The van der Waals surface area contributed by atoms with Gasteiger partial charge in [0.2, 0.25) is 5.91 Å². The number of hydrogen-bond acceptors (Lipinski definition) is 4. The second-order valence-electron chi connectivity index (χ2n) is 6.58. The zero-order valence-corrected chi connectivity index (χ0v) is 15.0. The molecular weight excluding hydrogens is 328 g/mol. The topological polar surface area (TPSA) is 64.8 Å². The molecular formula is C18H27ClN2O3. The number of carbonyl (C=O) groups excluding carboxylic acids is 1. The van der Waals surface area contributed by atoms with Gasteiger partial charge >= 0.3 is 0 Å². The highest BCUT2D eigenvalue weighted by molar-refractivity contribution is 5.85. The van der Waals surface area contributed by atoms with Gasteiger partial charge in [0.15, 0.2) is 11.5 Å². The molecule has 0 bridgehead atoms. The molecule has 1 fully saturated rings. The lowest BCUT2D eigenvalue weighted by atomic mass is 9.92. The van der Waals surface area contributed by atoms with E-state index in [-0.39, 0.29) is 24.4 Å². The van der Waals surface area contributed by atoms with Gasteiger partial charge in [0.1, 0.15) is 13.2 Å². The highest BCUT2D eigenvalue weighted by atomic mass is 35.5. The van der Waals surface area contributed by atoms with Gasteiger partial charge < -0.3 is 20.1 Å². The minimum Gasteiger partial charge on any atom is -0.486 e. The van der Waals surface area contributed by atoms with E-state index < -0.39 is 0 Å². The summed E-state index contributed by atoms with van der Waals surface area (Å²) in [5, 5.41) is 0. The maximum absolute atomic E-state index is 12.6. The standard InChI is InChI=1S/C18H26N2O3.ClH/c1-13-6-7-20(15(10-13)12-19)18(21)5-3-14-2-4-16-17(11-14)23-9-8-22-16;/h2,4,11,13,15H,3,5-10,12,19H2,1H3;1H. The molecule has 0 aliphatic carbocycles. The Balaban J connectivity index is 0.00000208. The Labute approximate surface area is 149 Å². The van der Waals surface area contributed by atoms with Crippen molar-refractivity contribution >= 4 is 18.3 Å². The smallest absolute Gasteiger partial charge is 0.223 e. The summed E-state index contributed by atoms with van der Waals surface area (Å²) in [6.07, 6.45) is 3.34. The number of nitrogens with zero attached hydrogens (tertiary/aromatic N) is 1. The predicted octanol–water partition coefficient (Wildman–Crippen LogP) is 2.40. The normalized spacial score (nSPS) is 22.7. The van der Waals surface area contributed by atoms with Crippen molar-refractivity contribution in [3.05, 3.63) is 23.8 Å². The Kier molecular flexibility index (Phi) is 6.75. The Morgan fingerprint density at radius 2 is 2.04 bits per heavy atom. The number of carbonyl (C=O) groups is 1. The van der Waals surface area contributed by atoms with Gasteiger partial charge in [0, 0.05) is 25.6 Å². The summed E-state index contributed by atoms with van der Waals surface area (Å²) in [5.41, 5.74) is 6.96. The summed E-state index contributed by atoms with van der Waals surface area (Å²) in [5.74, 6) is 2.44. The van der Waals surface area contributed by atoms with Crippen LogP contribution in [-0.2, 0) is 11.2 Å². The van der Waals surface area contributed by atoms with Gasteiger partial charge in [0.25, 0.3) is 0 Å². The van der Waals surface area contributed by atoms with E-state index in [9.17, 15) is 4.79 Å². The minimum atomic E-state index is 0. The summed E-state index contributed by atoms with van der Waals surface area (Å²) in [4.78, 5) is 14.5. The van der Waals surface area contributed by atoms with Gasteiger partial charge in [-0.3, -0.25) is 4.79 Å². The first-order chi connectivity index (χ1) is 11.2. The van der Waals surface area contributed by atoms with Gasteiger partial charge in [-0.05, 0) is 42.9 Å². The summed E-state index contributed by atoms with van der Waals surface area (Å²) >= 11 is 0. The number of ether oxygens (including phenoxy) is 2. The number of amides is 1. The number of hydrogen-bond donors (Lipinski definition) is 1. The van der Waals surface area contributed by atoms with E-state index in [4.69, 9.17) is 15.2 Å². The van der Waals surface area contributed by atoms with E-state index in [1.165, 1.54) is 0 Å². The van der Waals surface area contributed by atoms with Crippen LogP contribution in [0.3, 0.4) is 0 Å². The first kappa shape index (κ1) is 18.9. The quantitative estimate of drug-likeness (QED) is 0.901. The van der Waals surface area contributed by atoms with E-state index >= 15 is 0 Å². The lowest BCUT2D eigenvalue weighted by Crippen LogP contribution is -2.49. The molecule has 2 aliphatic rings. The number of rotatable bonds is 4. The third-order valence-corrected chi connectivity index (χ3v) is 4.80. The van der Waals surface area contributed by atoms with Crippen molar-refractivity contribution in [2.45, 2.75) is 38.6 Å². The second kappa shape index (κ2) is 8.58. The van der Waals surface area contributed by atoms with Crippen molar-refractivity contribution in [1.82, 2.24) is 4.90 Å². The SMILES string of the molecule is CC1CCN(C(=O)CCc2ccc3c(c2)OCCO3)C(CN)C1.Cl. The molecule has 2 N–H and O–H groups in total. The zero-order chi connectivity index (χ0) is 16.2. The van der Waals surface area contributed by atoms with Crippen LogP contribution < -0.4 is 15.2 Å². The van der Waals surface area contributed by atoms with Crippen LogP contribution in [0.15, 0.2) is 18.2 Å². The maximum atomic E-state index is 12.6. The zero-order valence-electron chi connectivity index (χ0n) is 14.2. The first-order valence-corrected chi connectivity index (χ1v) is 8.55. The number of piperidine rings is 1. The molecule has 1 saturated heterocycles. The molecule has 0 spiro atoms.